The number of benzene rings is 1. The zero-order valence-electron chi connectivity index (χ0n) is 14.9. The fourth-order valence-corrected chi connectivity index (χ4v) is 3.36. The van der Waals surface area contributed by atoms with Crippen LogP contribution < -0.4 is 10.2 Å². The Morgan fingerprint density at radius 1 is 1.32 bits per heavy atom. The summed E-state index contributed by atoms with van der Waals surface area (Å²) in [6.07, 6.45) is 3.56. The first kappa shape index (κ1) is 17.5. The van der Waals surface area contributed by atoms with Crippen molar-refractivity contribution in [2.75, 3.05) is 18.0 Å². The Kier molecular flexibility index (Phi) is 5.43. The number of nitrogens with zero attached hydrogens (tertiary/aromatic N) is 1. The van der Waals surface area contributed by atoms with Crippen molar-refractivity contribution in [3.8, 4) is 0 Å². The van der Waals surface area contributed by atoms with Gasteiger partial charge in [-0.15, -0.1) is 0 Å². The van der Waals surface area contributed by atoms with Gasteiger partial charge in [0, 0.05) is 31.2 Å². The second kappa shape index (κ2) is 7.74. The van der Waals surface area contributed by atoms with Crippen molar-refractivity contribution in [3.05, 3.63) is 53.5 Å². The Hall–Kier alpha value is -2.27. The summed E-state index contributed by atoms with van der Waals surface area (Å²) in [6.45, 7) is 5.89. The molecule has 1 aromatic heterocycles. The summed E-state index contributed by atoms with van der Waals surface area (Å²) in [5.74, 6) is 0.430. The van der Waals surface area contributed by atoms with Crippen LogP contribution in [-0.4, -0.2) is 30.1 Å². The molecule has 1 aliphatic heterocycles. The maximum Gasteiger partial charge on any atom is 0.253 e. The van der Waals surface area contributed by atoms with Gasteiger partial charge in [0.1, 0.15) is 11.9 Å². The zero-order chi connectivity index (χ0) is 17.8. The van der Waals surface area contributed by atoms with E-state index in [2.05, 4.69) is 16.3 Å². The first-order valence-electron chi connectivity index (χ1n) is 8.92. The van der Waals surface area contributed by atoms with E-state index in [0.717, 1.165) is 24.3 Å². The molecular weight excluding hydrogens is 316 g/mol. The average Bonchev–Trinajstić information content (AvgIpc) is 3.28. The first-order valence-corrected chi connectivity index (χ1v) is 8.92. The van der Waals surface area contributed by atoms with Crippen molar-refractivity contribution in [2.45, 2.75) is 45.3 Å². The quantitative estimate of drug-likeness (QED) is 0.844. The van der Waals surface area contributed by atoms with Gasteiger partial charge in [0.15, 0.2) is 0 Å². The van der Waals surface area contributed by atoms with Gasteiger partial charge in [-0.25, -0.2) is 0 Å². The van der Waals surface area contributed by atoms with Gasteiger partial charge in [-0.1, -0.05) is 11.6 Å². The molecule has 1 aliphatic rings. The van der Waals surface area contributed by atoms with E-state index in [0.29, 0.717) is 17.7 Å². The molecule has 134 valence electrons. The second-order valence-electron chi connectivity index (χ2n) is 6.86. The minimum atomic E-state index is -0.721. The Bertz CT molecular complexity index is 706. The van der Waals surface area contributed by atoms with Crippen LogP contribution in [0.5, 0.6) is 0 Å². The number of aliphatic hydroxyl groups is 1. The van der Waals surface area contributed by atoms with E-state index in [4.69, 9.17) is 4.42 Å². The van der Waals surface area contributed by atoms with Gasteiger partial charge in [-0.3, -0.25) is 4.79 Å². The van der Waals surface area contributed by atoms with E-state index in [-0.39, 0.29) is 11.9 Å². The SMILES string of the molecule is Cc1ccc(N2CCCC2)c(C(=O)NC(C)CC(O)c2ccco2)c1. The molecule has 1 amide bonds. The van der Waals surface area contributed by atoms with Crippen LogP contribution in [0, 0.1) is 6.92 Å². The van der Waals surface area contributed by atoms with Gasteiger partial charge in [0.25, 0.3) is 5.91 Å². The van der Waals surface area contributed by atoms with Crippen LogP contribution in [0.25, 0.3) is 0 Å². The molecule has 0 aliphatic carbocycles. The van der Waals surface area contributed by atoms with Crippen LogP contribution in [0.4, 0.5) is 5.69 Å². The number of aliphatic hydroxyl groups excluding tert-OH is 1. The molecule has 2 aromatic rings. The van der Waals surface area contributed by atoms with Gasteiger partial charge in [0.05, 0.1) is 11.8 Å². The summed E-state index contributed by atoms with van der Waals surface area (Å²) in [6, 6.07) is 9.35. The van der Waals surface area contributed by atoms with E-state index in [1.807, 2.05) is 26.0 Å². The Morgan fingerprint density at radius 2 is 2.08 bits per heavy atom. The number of nitrogens with one attached hydrogen (secondary N) is 1. The molecule has 0 bridgehead atoms. The van der Waals surface area contributed by atoms with Gasteiger partial charge >= 0.3 is 0 Å². The minimum absolute atomic E-state index is 0.0928. The topological polar surface area (TPSA) is 65.7 Å². The third kappa shape index (κ3) is 4.23. The van der Waals surface area contributed by atoms with Gasteiger partial charge in [-0.2, -0.15) is 0 Å². The van der Waals surface area contributed by atoms with Crippen LogP contribution >= 0.6 is 0 Å². The average molecular weight is 342 g/mol. The molecular formula is C20H26N2O3. The Labute approximate surface area is 148 Å². The summed E-state index contributed by atoms with van der Waals surface area (Å²) in [4.78, 5) is 15.1. The maximum absolute atomic E-state index is 12.8. The predicted molar refractivity (Wildman–Crippen MR) is 97.8 cm³/mol. The highest BCUT2D eigenvalue weighted by Crippen LogP contribution is 2.26. The molecule has 0 spiro atoms. The van der Waals surface area contributed by atoms with E-state index < -0.39 is 6.10 Å². The van der Waals surface area contributed by atoms with Crippen LogP contribution in [0.15, 0.2) is 41.0 Å². The third-order valence-corrected chi connectivity index (χ3v) is 4.67. The standard InChI is InChI=1S/C20H26N2O3/c1-14-7-8-17(22-9-3-4-10-22)16(12-14)20(24)21-15(2)13-18(23)19-6-5-11-25-19/h5-8,11-12,15,18,23H,3-4,9-10,13H2,1-2H3,(H,21,24). The number of amides is 1. The summed E-state index contributed by atoms with van der Waals surface area (Å²) < 4.78 is 5.22. The molecule has 0 radical (unpaired) electrons. The number of hydrogen-bond donors (Lipinski definition) is 2. The van der Waals surface area contributed by atoms with Crippen LogP contribution in [0.3, 0.4) is 0 Å². The van der Waals surface area contributed by atoms with Gasteiger partial charge < -0.3 is 19.7 Å². The molecule has 2 heterocycles. The molecule has 1 aromatic carbocycles. The number of aryl methyl sites for hydroxylation is 1. The van der Waals surface area contributed by atoms with Gasteiger partial charge in [0.2, 0.25) is 0 Å². The number of anilines is 1. The highest BCUT2D eigenvalue weighted by atomic mass is 16.4. The molecule has 2 N–H and O–H groups in total. The molecule has 25 heavy (non-hydrogen) atoms. The molecule has 3 rings (SSSR count). The number of rotatable bonds is 6. The van der Waals surface area contributed by atoms with Crippen molar-refractivity contribution < 1.29 is 14.3 Å². The van der Waals surface area contributed by atoms with Gasteiger partial charge in [-0.05, 0) is 51.0 Å². The lowest BCUT2D eigenvalue weighted by Gasteiger charge is -2.23. The van der Waals surface area contributed by atoms with E-state index in [1.165, 1.54) is 19.1 Å². The molecule has 5 heteroatoms. The smallest absolute Gasteiger partial charge is 0.253 e. The first-order chi connectivity index (χ1) is 12.0. The Balaban J connectivity index is 1.69. The number of hydrogen-bond acceptors (Lipinski definition) is 4. The number of furan rings is 1. The molecule has 1 saturated heterocycles. The highest BCUT2D eigenvalue weighted by Gasteiger charge is 2.22. The van der Waals surface area contributed by atoms with E-state index in [9.17, 15) is 9.90 Å². The molecule has 0 saturated carbocycles. The predicted octanol–water partition coefficient (Wildman–Crippen LogP) is 3.43. The lowest BCUT2D eigenvalue weighted by atomic mass is 10.1. The van der Waals surface area contributed by atoms with Crippen molar-refractivity contribution in [1.29, 1.82) is 0 Å². The fourth-order valence-electron chi connectivity index (χ4n) is 3.36. The largest absolute Gasteiger partial charge is 0.467 e. The molecule has 5 nitrogen and oxygen atoms in total. The molecule has 2 atom stereocenters. The Morgan fingerprint density at radius 3 is 2.76 bits per heavy atom. The lowest BCUT2D eigenvalue weighted by molar-refractivity contribution is 0.0903. The summed E-state index contributed by atoms with van der Waals surface area (Å²) in [5.41, 5.74) is 2.77. The summed E-state index contributed by atoms with van der Waals surface area (Å²) in [7, 11) is 0. The van der Waals surface area contributed by atoms with Crippen molar-refractivity contribution in [3.63, 3.8) is 0 Å². The third-order valence-electron chi connectivity index (χ3n) is 4.67. The summed E-state index contributed by atoms with van der Waals surface area (Å²) in [5, 5.41) is 13.2. The highest BCUT2D eigenvalue weighted by molar-refractivity contribution is 6.00. The minimum Gasteiger partial charge on any atom is -0.467 e. The van der Waals surface area contributed by atoms with Crippen molar-refractivity contribution >= 4 is 11.6 Å². The van der Waals surface area contributed by atoms with Crippen molar-refractivity contribution in [1.82, 2.24) is 5.32 Å². The fraction of sp³-hybridized carbons (Fsp3) is 0.450. The monoisotopic (exact) mass is 342 g/mol. The number of carbonyl (C=O) groups is 1. The van der Waals surface area contributed by atoms with E-state index >= 15 is 0 Å². The van der Waals surface area contributed by atoms with Crippen LogP contribution in [0.2, 0.25) is 0 Å². The molecule has 2 unspecified atom stereocenters. The van der Waals surface area contributed by atoms with Crippen LogP contribution in [0.1, 0.15) is 54.0 Å². The number of carbonyl (C=O) groups excluding carboxylic acids is 1. The van der Waals surface area contributed by atoms with Crippen molar-refractivity contribution in [2.24, 2.45) is 0 Å². The summed E-state index contributed by atoms with van der Waals surface area (Å²) >= 11 is 0. The maximum atomic E-state index is 12.8. The lowest BCUT2D eigenvalue weighted by Crippen LogP contribution is -2.35. The van der Waals surface area contributed by atoms with E-state index in [1.54, 1.807) is 12.1 Å². The van der Waals surface area contributed by atoms with Crippen LogP contribution in [-0.2, 0) is 0 Å². The normalized spacial score (nSPS) is 16.7. The zero-order valence-corrected chi connectivity index (χ0v) is 14.9. The molecule has 1 fully saturated rings. The second-order valence-corrected chi connectivity index (χ2v) is 6.86.